The van der Waals surface area contributed by atoms with Crippen molar-refractivity contribution in [2.24, 2.45) is 0 Å². The summed E-state index contributed by atoms with van der Waals surface area (Å²) in [5.41, 5.74) is 0.631. The lowest BCUT2D eigenvalue weighted by atomic mass is 10.1. The Balaban J connectivity index is 0.000000816. The summed E-state index contributed by atoms with van der Waals surface area (Å²) in [5, 5.41) is 10.8. The lowest BCUT2D eigenvalue weighted by Crippen LogP contribution is -2.45. The monoisotopic (exact) mass is 324 g/mol. The van der Waals surface area contributed by atoms with Crippen LogP contribution in [0.5, 0.6) is 0 Å². The van der Waals surface area contributed by atoms with Gasteiger partial charge in [-0.3, -0.25) is 15.3 Å². The van der Waals surface area contributed by atoms with Gasteiger partial charge >= 0.3 is 6.03 Å². The Kier molecular flexibility index (Phi) is 7.31. The lowest BCUT2D eigenvalue weighted by Gasteiger charge is -2.26. The summed E-state index contributed by atoms with van der Waals surface area (Å²) >= 11 is 0. The van der Waals surface area contributed by atoms with Crippen molar-refractivity contribution in [2.75, 3.05) is 0 Å². The van der Waals surface area contributed by atoms with E-state index in [1.54, 1.807) is 6.20 Å². The molecule has 1 aliphatic rings. The summed E-state index contributed by atoms with van der Waals surface area (Å²) in [6, 6.07) is 0.813. The molecule has 1 saturated heterocycles. The van der Waals surface area contributed by atoms with E-state index in [1.165, 1.54) is 11.0 Å². The number of amidine groups is 1. The molecule has 0 aromatic carbocycles. The van der Waals surface area contributed by atoms with Crippen LogP contribution in [0.25, 0.3) is 0 Å². The van der Waals surface area contributed by atoms with Crippen LogP contribution in [-0.4, -0.2) is 27.8 Å². The minimum absolute atomic E-state index is 0.0437. The molecule has 2 unspecified atom stereocenters. The van der Waals surface area contributed by atoms with Crippen molar-refractivity contribution < 1.29 is 13.6 Å². The van der Waals surface area contributed by atoms with Gasteiger partial charge in [0.25, 0.3) is 0 Å². The average molecular weight is 324 g/mol. The molecule has 1 aromatic heterocycles. The molecule has 0 aliphatic carbocycles. The van der Waals surface area contributed by atoms with Crippen molar-refractivity contribution in [3.05, 3.63) is 42.7 Å². The molecule has 5 nitrogen and oxygen atoms in total. The van der Waals surface area contributed by atoms with Crippen molar-refractivity contribution in [3.8, 4) is 0 Å². The SMILES string of the molecule is C=CF.CCC(C)NC(=O)N1C(=N)CCC1c1cncc(F)c1. The van der Waals surface area contributed by atoms with Crippen molar-refractivity contribution >= 4 is 11.9 Å². The number of rotatable bonds is 3. The van der Waals surface area contributed by atoms with E-state index in [1.807, 2.05) is 13.8 Å². The molecule has 2 N–H and O–H groups in total. The first-order valence-electron chi connectivity index (χ1n) is 7.43. The van der Waals surface area contributed by atoms with Crippen LogP contribution in [0.4, 0.5) is 13.6 Å². The quantitative estimate of drug-likeness (QED) is 0.884. The van der Waals surface area contributed by atoms with Gasteiger partial charge in [-0.25, -0.2) is 13.6 Å². The Bertz CT molecular complexity index is 565. The van der Waals surface area contributed by atoms with E-state index in [0.29, 0.717) is 18.4 Å². The number of nitrogens with zero attached hydrogens (tertiary/aromatic N) is 2. The predicted octanol–water partition coefficient (Wildman–Crippen LogP) is 3.94. The minimum Gasteiger partial charge on any atom is -0.335 e. The van der Waals surface area contributed by atoms with E-state index in [9.17, 15) is 13.6 Å². The van der Waals surface area contributed by atoms with E-state index >= 15 is 0 Å². The fraction of sp³-hybridized carbons (Fsp3) is 0.438. The molecule has 1 fully saturated rings. The van der Waals surface area contributed by atoms with Crippen LogP contribution in [0, 0.1) is 11.2 Å². The van der Waals surface area contributed by atoms with E-state index in [0.717, 1.165) is 12.6 Å². The summed E-state index contributed by atoms with van der Waals surface area (Å²) in [6.07, 6.45) is 4.88. The van der Waals surface area contributed by atoms with Gasteiger partial charge in [0.15, 0.2) is 0 Å². The first-order valence-corrected chi connectivity index (χ1v) is 7.43. The second kappa shape index (κ2) is 8.97. The van der Waals surface area contributed by atoms with Crippen LogP contribution >= 0.6 is 0 Å². The largest absolute Gasteiger partial charge is 0.335 e. The Morgan fingerprint density at radius 1 is 1.65 bits per heavy atom. The Morgan fingerprint density at radius 2 is 2.30 bits per heavy atom. The zero-order valence-corrected chi connectivity index (χ0v) is 13.4. The number of likely N-dealkylation sites (tertiary alicyclic amines) is 1. The van der Waals surface area contributed by atoms with Crippen LogP contribution < -0.4 is 5.32 Å². The molecular weight excluding hydrogens is 302 g/mol. The van der Waals surface area contributed by atoms with Gasteiger partial charge in [-0.05, 0) is 31.4 Å². The van der Waals surface area contributed by atoms with Gasteiger partial charge in [-0.1, -0.05) is 13.5 Å². The second-order valence-corrected chi connectivity index (χ2v) is 5.22. The fourth-order valence-corrected chi connectivity index (χ4v) is 2.28. The fourth-order valence-electron chi connectivity index (χ4n) is 2.28. The lowest BCUT2D eigenvalue weighted by molar-refractivity contribution is 0.208. The summed E-state index contributed by atoms with van der Waals surface area (Å²) in [4.78, 5) is 17.5. The van der Waals surface area contributed by atoms with Gasteiger partial charge in [0, 0.05) is 18.7 Å². The molecule has 0 radical (unpaired) electrons. The number of carbonyl (C=O) groups excluding carboxylic acids is 1. The number of aromatic nitrogens is 1. The van der Waals surface area contributed by atoms with Crippen molar-refractivity contribution in [1.29, 1.82) is 5.41 Å². The average Bonchev–Trinajstić information content (AvgIpc) is 2.89. The third-order valence-electron chi connectivity index (χ3n) is 3.57. The molecule has 0 saturated carbocycles. The van der Waals surface area contributed by atoms with E-state index < -0.39 is 5.82 Å². The predicted molar refractivity (Wildman–Crippen MR) is 85.3 cm³/mol. The Morgan fingerprint density at radius 3 is 2.87 bits per heavy atom. The van der Waals surface area contributed by atoms with Crippen LogP contribution in [0.15, 0.2) is 31.4 Å². The number of amides is 2. The molecule has 23 heavy (non-hydrogen) atoms. The van der Waals surface area contributed by atoms with Gasteiger partial charge in [0.2, 0.25) is 0 Å². The number of hydrogen-bond donors (Lipinski definition) is 2. The smallest absolute Gasteiger partial charge is 0.323 e. The summed E-state index contributed by atoms with van der Waals surface area (Å²) < 4.78 is 23.3. The van der Waals surface area contributed by atoms with Crippen LogP contribution in [0.1, 0.15) is 44.7 Å². The standard InChI is InChI=1S/C14H19FN4O.C2H3F/c1-3-9(2)18-14(20)19-12(4-5-13(19)16)10-6-11(15)8-17-7-10;1-2-3/h6-9,12,16H,3-5H2,1-2H3,(H,18,20);2H,1H2. The molecule has 1 aromatic rings. The molecule has 0 bridgehead atoms. The van der Waals surface area contributed by atoms with Crippen LogP contribution in [0.3, 0.4) is 0 Å². The zero-order valence-electron chi connectivity index (χ0n) is 13.4. The first kappa shape index (κ1) is 18.7. The highest BCUT2D eigenvalue weighted by Gasteiger charge is 2.35. The van der Waals surface area contributed by atoms with E-state index in [4.69, 9.17) is 5.41 Å². The number of carbonyl (C=O) groups is 1. The topological polar surface area (TPSA) is 69.1 Å². The highest BCUT2D eigenvalue weighted by molar-refractivity contribution is 5.98. The van der Waals surface area contributed by atoms with Crippen molar-refractivity contribution in [3.63, 3.8) is 0 Å². The molecule has 0 spiro atoms. The Labute approximate surface area is 134 Å². The number of pyridine rings is 1. The second-order valence-electron chi connectivity index (χ2n) is 5.22. The van der Waals surface area contributed by atoms with Gasteiger partial charge in [-0.2, -0.15) is 0 Å². The van der Waals surface area contributed by atoms with Gasteiger partial charge in [0.1, 0.15) is 11.7 Å². The van der Waals surface area contributed by atoms with Crippen molar-refractivity contribution in [2.45, 2.75) is 45.2 Å². The number of urea groups is 1. The Hall–Kier alpha value is -2.31. The van der Waals surface area contributed by atoms with E-state index in [-0.39, 0.29) is 30.3 Å². The molecule has 2 amide bonds. The molecule has 7 heteroatoms. The molecular formula is C16H22F2N4O. The molecule has 126 valence electrons. The normalized spacial score (nSPS) is 18.0. The maximum absolute atomic E-state index is 13.3. The molecule has 2 atom stereocenters. The zero-order chi connectivity index (χ0) is 17.4. The van der Waals surface area contributed by atoms with E-state index in [2.05, 4.69) is 16.9 Å². The number of halogens is 2. The molecule has 2 rings (SSSR count). The van der Waals surface area contributed by atoms with Crippen LogP contribution in [0.2, 0.25) is 0 Å². The maximum atomic E-state index is 13.3. The summed E-state index contributed by atoms with van der Waals surface area (Å²) in [5.74, 6) is -0.164. The minimum atomic E-state index is -0.428. The highest BCUT2D eigenvalue weighted by atomic mass is 19.1. The van der Waals surface area contributed by atoms with Gasteiger partial charge < -0.3 is 5.32 Å². The van der Waals surface area contributed by atoms with Gasteiger partial charge in [-0.15, -0.1) is 0 Å². The number of nitrogens with one attached hydrogen (secondary N) is 2. The molecule has 2 heterocycles. The maximum Gasteiger partial charge on any atom is 0.323 e. The third kappa shape index (κ3) is 5.12. The van der Waals surface area contributed by atoms with Crippen molar-refractivity contribution in [1.82, 2.24) is 15.2 Å². The summed E-state index contributed by atoms with van der Waals surface area (Å²) in [7, 11) is 0. The number of hydrogen-bond acceptors (Lipinski definition) is 3. The first-order chi connectivity index (χ1) is 10.9. The molecule has 1 aliphatic heterocycles. The summed E-state index contributed by atoms with van der Waals surface area (Å²) in [6.45, 7) is 6.59. The van der Waals surface area contributed by atoms with Gasteiger partial charge in [0.05, 0.1) is 18.6 Å². The van der Waals surface area contributed by atoms with Crippen LogP contribution in [-0.2, 0) is 0 Å². The third-order valence-corrected chi connectivity index (χ3v) is 3.57. The highest BCUT2D eigenvalue weighted by Crippen LogP contribution is 2.32.